The third-order valence-electron chi connectivity index (χ3n) is 3.03. The second kappa shape index (κ2) is 6.52. The molecule has 0 aliphatic carbocycles. The van der Waals surface area contributed by atoms with Crippen LogP contribution in [0.15, 0.2) is 18.2 Å². The average molecular weight is 285 g/mol. The minimum absolute atomic E-state index is 0.0559. The Morgan fingerprint density at radius 1 is 1.47 bits per heavy atom. The summed E-state index contributed by atoms with van der Waals surface area (Å²) in [4.78, 5) is 22.5. The molecule has 1 unspecified atom stereocenters. The van der Waals surface area contributed by atoms with Gasteiger partial charge in [-0.15, -0.1) is 11.6 Å². The maximum Gasteiger partial charge on any atom is 0.273 e. The molecule has 0 saturated heterocycles. The molecule has 1 rings (SSSR count). The fraction of sp³-hybridized carbons (Fsp3) is 0.462. The van der Waals surface area contributed by atoms with Crippen LogP contribution in [-0.4, -0.2) is 22.8 Å². The number of carbonyl (C=O) groups is 1. The molecule has 0 fully saturated rings. The highest BCUT2D eigenvalue weighted by Crippen LogP contribution is 2.21. The van der Waals surface area contributed by atoms with E-state index in [1.165, 1.54) is 12.1 Å². The quantitative estimate of drug-likeness (QED) is 0.513. The van der Waals surface area contributed by atoms with Gasteiger partial charge in [0, 0.05) is 29.1 Å². The van der Waals surface area contributed by atoms with Crippen LogP contribution in [0.4, 0.5) is 5.69 Å². The molecule has 104 valence electrons. The van der Waals surface area contributed by atoms with E-state index in [1.54, 1.807) is 13.0 Å². The van der Waals surface area contributed by atoms with Crippen molar-refractivity contribution in [3.8, 4) is 0 Å². The summed E-state index contributed by atoms with van der Waals surface area (Å²) < 4.78 is 0. The summed E-state index contributed by atoms with van der Waals surface area (Å²) >= 11 is 5.79. The minimum atomic E-state index is -0.492. The van der Waals surface area contributed by atoms with E-state index in [0.29, 0.717) is 17.0 Å². The Kier molecular flexibility index (Phi) is 5.30. The zero-order valence-corrected chi connectivity index (χ0v) is 11.9. The predicted molar refractivity (Wildman–Crippen MR) is 74.6 cm³/mol. The Labute approximate surface area is 117 Å². The first-order valence-electron chi connectivity index (χ1n) is 5.99. The first-order valence-corrected chi connectivity index (χ1v) is 6.52. The van der Waals surface area contributed by atoms with Crippen LogP contribution >= 0.6 is 11.6 Å². The number of rotatable bonds is 5. The number of hydrogen-bond acceptors (Lipinski definition) is 3. The molecule has 5 nitrogen and oxygen atoms in total. The summed E-state index contributed by atoms with van der Waals surface area (Å²) in [6.07, 6.45) is 0. The second-order valence-electron chi connectivity index (χ2n) is 4.69. The van der Waals surface area contributed by atoms with Crippen molar-refractivity contribution in [2.75, 3.05) is 5.88 Å². The zero-order valence-electron chi connectivity index (χ0n) is 11.1. The largest absolute Gasteiger partial charge is 0.348 e. The fourth-order valence-corrected chi connectivity index (χ4v) is 2.13. The molecule has 0 heterocycles. The molecular weight excluding hydrogens is 268 g/mol. The Morgan fingerprint density at radius 3 is 2.58 bits per heavy atom. The van der Waals surface area contributed by atoms with E-state index in [4.69, 9.17) is 11.6 Å². The molecule has 0 radical (unpaired) electrons. The van der Waals surface area contributed by atoms with Gasteiger partial charge in [-0.1, -0.05) is 19.9 Å². The van der Waals surface area contributed by atoms with Crippen molar-refractivity contribution in [1.29, 1.82) is 0 Å². The highest BCUT2D eigenvalue weighted by Gasteiger charge is 2.21. The van der Waals surface area contributed by atoms with Gasteiger partial charge in [0.1, 0.15) is 0 Å². The smallest absolute Gasteiger partial charge is 0.273 e. The van der Waals surface area contributed by atoms with E-state index < -0.39 is 4.92 Å². The molecule has 6 heteroatoms. The van der Waals surface area contributed by atoms with Crippen LogP contribution in [0.3, 0.4) is 0 Å². The number of carbonyl (C=O) groups excluding carboxylic acids is 1. The van der Waals surface area contributed by atoms with Gasteiger partial charge in [0.05, 0.1) is 4.92 Å². The molecule has 1 atom stereocenters. The van der Waals surface area contributed by atoms with Crippen molar-refractivity contribution in [1.82, 2.24) is 5.32 Å². The van der Waals surface area contributed by atoms with Gasteiger partial charge in [-0.25, -0.2) is 0 Å². The van der Waals surface area contributed by atoms with Gasteiger partial charge >= 0.3 is 0 Å². The fourth-order valence-electron chi connectivity index (χ4n) is 1.70. The average Bonchev–Trinajstić information content (AvgIpc) is 2.35. The topological polar surface area (TPSA) is 72.2 Å². The molecule has 0 bridgehead atoms. The number of nitro benzene ring substituents is 1. The van der Waals surface area contributed by atoms with E-state index in [9.17, 15) is 14.9 Å². The van der Waals surface area contributed by atoms with Crippen molar-refractivity contribution < 1.29 is 9.72 Å². The van der Waals surface area contributed by atoms with Crippen LogP contribution in [0.1, 0.15) is 29.8 Å². The van der Waals surface area contributed by atoms with Crippen molar-refractivity contribution in [3.63, 3.8) is 0 Å². The first kappa shape index (κ1) is 15.4. The van der Waals surface area contributed by atoms with Crippen LogP contribution in [0.25, 0.3) is 0 Å². The number of benzene rings is 1. The summed E-state index contributed by atoms with van der Waals surface area (Å²) in [5, 5.41) is 13.6. The monoisotopic (exact) mass is 284 g/mol. The molecule has 1 N–H and O–H groups in total. The maximum atomic E-state index is 12.1. The highest BCUT2D eigenvalue weighted by molar-refractivity contribution is 6.18. The molecule has 1 aromatic carbocycles. The van der Waals surface area contributed by atoms with E-state index in [0.717, 1.165) is 0 Å². The second-order valence-corrected chi connectivity index (χ2v) is 4.99. The van der Waals surface area contributed by atoms with Crippen LogP contribution in [0.5, 0.6) is 0 Å². The molecule has 0 aromatic heterocycles. The summed E-state index contributed by atoms with van der Waals surface area (Å²) in [5.74, 6) is 0.165. The van der Waals surface area contributed by atoms with Crippen LogP contribution < -0.4 is 5.32 Å². The zero-order chi connectivity index (χ0) is 14.6. The van der Waals surface area contributed by atoms with Gasteiger partial charge in [-0.2, -0.15) is 0 Å². The van der Waals surface area contributed by atoms with Crippen LogP contribution in [0, 0.1) is 23.0 Å². The van der Waals surface area contributed by atoms with Gasteiger partial charge < -0.3 is 5.32 Å². The van der Waals surface area contributed by atoms with Crippen molar-refractivity contribution in [2.45, 2.75) is 26.8 Å². The van der Waals surface area contributed by atoms with E-state index in [-0.39, 0.29) is 23.6 Å². The van der Waals surface area contributed by atoms with Gasteiger partial charge in [0.25, 0.3) is 11.6 Å². The molecular formula is C13H17ClN2O3. The number of nitrogens with one attached hydrogen (secondary N) is 1. The molecule has 0 aliphatic rings. The van der Waals surface area contributed by atoms with Crippen molar-refractivity contribution >= 4 is 23.2 Å². The Bertz CT molecular complexity index is 489. The lowest BCUT2D eigenvalue weighted by Gasteiger charge is -2.20. The first-order chi connectivity index (χ1) is 8.88. The summed E-state index contributed by atoms with van der Waals surface area (Å²) in [5.41, 5.74) is 0.617. The van der Waals surface area contributed by atoms with Crippen LogP contribution in [0.2, 0.25) is 0 Å². The number of alkyl halides is 1. The number of hydrogen-bond donors (Lipinski definition) is 1. The van der Waals surface area contributed by atoms with Crippen molar-refractivity contribution in [2.24, 2.45) is 5.92 Å². The number of halogens is 1. The lowest BCUT2D eigenvalue weighted by molar-refractivity contribution is -0.385. The third-order valence-corrected chi connectivity index (χ3v) is 3.37. The highest BCUT2D eigenvalue weighted by atomic mass is 35.5. The standard InChI is InChI=1S/C13H17ClN2O3/c1-8(2)11(7-14)15-13(17)10-5-4-6-12(9(10)3)16(18)19/h4-6,8,11H,7H2,1-3H3,(H,15,17). The maximum absolute atomic E-state index is 12.1. The Morgan fingerprint density at radius 2 is 2.11 bits per heavy atom. The molecule has 1 amide bonds. The number of nitrogens with zero attached hydrogens (tertiary/aromatic N) is 1. The van der Waals surface area contributed by atoms with Gasteiger partial charge in [-0.3, -0.25) is 14.9 Å². The molecule has 0 saturated carbocycles. The van der Waals surface area contributed by atoms with Crippen molar-refractivity contribution in [3.05, 3.63) is 39.4 Å². The van der Waals surface area contributed by atoms with Gasteiger partial charge in [0.15, 0.2) is 0 Å². The summed E-state index contributed by atoms with van der Waals surface area (Å²) in [6.45, 7) is 5.47. The van der Waals surface area contributed by atoms with Gasteiger partial charge in [-0.05, 0) is 18.9 Å². The van der Waals surface area contributed by atoms with Crippen LogP contribution in [-0.2, 0) is 0 Å². The normalized spacial score (nSPS) is 12.3. The summed E-state index contributed by atoms with van der Waals surface area (Å²) in [7, 11) is 0. The van der Waals surface area contributed by atoms with Gasteiger partial charge in [0.2, 0.25) is 0 Å². The SMILES string of the molecule is Cc1c(C(=O)NC(CCl)C(C)C)cccc1[N+](=O)[O-]. The summed E-state index contributed by atoms with van der Waals surface area (Å²) in [6, 6.07) is 4.30. The van der Waals surface area contributed by atoms with E-state index in [1.807, 2.05) is 13.8 Å². The Balaban J connectivity index is 3.00. The molecule has 0 aliphatic heterocycles. The Hall–Kier alpha value is -1.62. The third kappa shape index (κ3) is 3.67. The minimum Gasteiger partial charge on any atom is -0.348 e. The molecule has 19 heavy (non-hydrogen) atoms. The number of amides is 1. The molecule has 0 spiro atoms. The lowest BCUT2D eigenvalue weighted by atomic mass is 10.0. The molecule has 1 aromatic rings. The van der Waals surface area contributed by atoms with E-state index >= 15 is 0 Å². The lowest BCUT2D eigenvalue weighted by Crippen LogP contribution is -2.40. The number of nitro groups is 1. The van der Waals surface area contributed by atoms with E-state index in [2.05, 4.69) is 5.32 Å². The predicted octanol–water partition coefficient (Wildman–Crippen LogP) is 2.90.